The molecule has 1 rings (SSSR count). The second kappa shape index (κ2) is 4.18. The third kappa shape index (κ3) is 2.17. The van der Waals surface area contributed by atoms with Crippen molar-refractivity contribution in [2.75, 3.05) is 0 Å². The molecule has 0 bridgehead atoms. The fraction of sp³-hybridized carbons (Fsp3) is 0.333. The molecule has 66 valence electrons. The molecule has 3 heteroatoms. The van der Waals surface area contributed by atoms with Crippen LogP contribution in [0, 0.1) is 9.39 Å². The van der Waals surface area contributed by atoms with Gasteiger partial charge in [0, 0.05) is 3.57 Å². The molecule has 0 aliphatic carbocycles. The molecular formula is C9H10FIO. The Bertz CT molecular complexity index is 275. The molecule has 0 fully saturated rings. The highest BCUT2D eigenvalue weighted by atomic mass is 127. The standard InChI is InChI=1S/C9H10FIO/c1-2-9(12)7-5-6(10)3-4-8(7)11/h3-5,9,12H,2H2,1H3. The van der Waals surface area contributed by atoms with E-state index in [4.69, 9.17) is 0 Å². The van der Waals surface area contributed by atoms with Crippen molar-refractivity contribution < 1.29 is 9.50 Å². The molecule has 0 aromatic heterocycles. The molecular weight excluding hydrogens is 270 g/mol. The van der Waals surface area contributed by atoms with E-state index in [1.807, 2.05) is 6.92 Å². The second-order valence-electron chi connectivity index (χ2n) is 2.59. The highest BCUT2D eigenvalue weighted by Gasteiger charge is 2.09. The molecule has 1 nitrogen and oxygen atoms in total. The van der Waals surface area contributed by atoms with Crippen molar-refractivity contribution in [3.05, 3.63) is 33.1 Å². The van der Waals surface area contributed by atoms with Crippen LogP contribution in [0.1, 0.15) is 25.0 Å². The van der Waals surface area contributed by atoms with Crippen LogP contribution in [0.2, 0.25) is 0 Å². The predicted molar refractivity (Wildman–Crippen MR) is 54.4 cm³/mol. The Balaban J connectivity index is 3.04. The minimum absolute atomic E-state index is 0.294. The van der Waals surface area contributed by atoms with Gasteiger partial charge < -0.3 is 5.11 Å². The van der Waals surface area contributed by atoms with Gasteiger partial charge in [-0.3, -0.25) is 0 Å². The summed E-state index contributed by atoms with van der Waals surface area (Å²) in [6, 6.07) is 4.45. The molecule has 0 radical (unpaired) electrons. The fourth-order valence-electron chi connectivity index (χ4n) is 0.990. The normalized spacial score (nSPS) is 13.0. The van der Waals surface area contributed by atoms with Crippen LogP contribution in [-0.4, -0.2) is 5.11 Å². The molecule has 0 heterocycles. The molecule has 1 N–H and O–H groups in total. The van der Waals surface area contributed by atoms with Crippen molar-refractivity contribution in [1.29, 1.82) is 0 Å². The SMILES string of the molecule is CCC(O)c1cc(F)ccc1I. The highest BCUT2D eigenvalue weighted by molar-refractivity contribution is 14.1. The van der Waals surface area contributed by atoms with E-state index in [9.17, 15) is 9.50 Å². The number of hydrogen-bond donors (Lipinski definition) is 1. The van der Waals surface area contributed by atoms with Crippen molar-refractivity contribution in [2.24, 2.45) is 0 Å². The van der Waals surface area contributed by atoms with Crippen molar-refractivity contribution in [3.63, 3.8) is 0 Å². The minimum Gasteiger partial charge on any atom is -0.388 e. The quantitative estimate of drug-likeness (QED) is 0.826. The molecule has 12 heavy (non-hydrogen) atoms. The molecule has 0 saturated carbocycles. The van der Waals surface area contributed by atoms with E-state index in [2.05, 4.69) is 22.6 Å². The lowest BCUT2D eigenvalue weighted by Crippen LogP contribution is -1.98. The van der Waals surface area contributed by atoms with Crippen LogP contribution < -0.4 is 0 Å². The van der Waals surface area contributed by atoms with Gasteiger partial charge in [0.2, 0.25) is 0 Å². The summed E-state index contributed by atoms with van der Waals surface area (Å²) < 4.78 is 13.6. The van der Waals surface area contributed by atoms with Crippen molar-refractivity contribution in [1.82, 2.24) is 0 Å². The van der Waals surface area contributed by atoms with E-state index in [1.165, 1.54) is 12.1 Å². The number of benzene rings is 1. The molecule has 0 aliphatic heterocycles. The maximum Gasteiger partial charge on any atom is 0.123 e. The number of aliphatic hydroxyl groups excluding tert-OH is 1. The van der Waals surface area contributed by atoms with Gasteiger partial charge in [-0.25, -0.2) is 4.39 Å². The van der Waals surface area contributed by atoms with E-state index in [-0.39, 0.29) is 5.82 Å². The lowest BCUT2D eigenvalue weighted by molar-refractivity contribution is 0.172. The summed E-state index contributed by atoms with van der Waals surface area (Å²) in [5.41, 5.74) is 0.679. The Hall–Kier alpha value is -0.160. The van der Waals surface area contributed by atoms with Crippen LogP contribution in [0.4, 0.5) is 4.39 Å². The number of aliphatic hydroxyl groups is 1. The van der Waals surface area contributed by atoms with Crippen molar-refractivity contribution in [2.45, 2.75) is 19.4 Å². The van der Waals surface area contributed by atoms with Crippen LogP contribution in [0.15, 0.2) is 18.2 Å². The lowest BCUT2D eigenvalue weighted by Gasteiger charge is -2.09. The van der Waals surface area contributed by atoms with Crippen LogP contribution in [0.25, 0.3) is 0 Å². The van der Waals surface area contributed by atoms with Gasteiger partial charge >= 0.3 is 0 Å². The predicted octanol–water partition coefficient (Wildman–Crippen LogP) is 2.87. The lowest BCUT2D eigenvalue weighted by atomic mass is 10.1. The number of rotatable bonds is 2. The first kappa shape index (κ1) is 9.92. The third-order valence-corrected chi connectivity index (χ3v) is 2.69. The molecule has 0 aliphatic rings. The Morgan fingerprint density at radius 2 is 2.25 bits per heavy atom. The summed E-state index contributed by atoms with van der Waals surface area (Å²) in [5, 5.41) is 9.46. The van der Waals surface area contributed by atoms with Gasteiger partial charge in [-0.1, -0.05) is 6.92 Å². The summed E-state index contributed by atoms with van der Waals surface area (Å²) in [6.45, 7) is 1.87. The van der Waals surface area contributed by atoms with Crippen LogP contribution in [0.3, 0.4) is 0 Å². The van der Waals surface area contributed by atoms with E-state index >= 15 is 0 Å². The van der Waals surface area contributed by atoms with Crippen LogP contribution >= 0.6 is 22.6 Å². The van der Waals surface area contributed by atoms with E-state index in [1.54, 1.807) is 6.07 Å². The summed E-state index contributed by atoms with van der Waals surface area (Å²) in [4.78, 5) is 0. The molecule has 0 amide bonds. The average molecular weight is 280 g/mol. The monoisotopic (exact) mass is 280 g/mol. The van der Waals surface area contributed by atoms with Gasteiger partial charge in [0.25, 0.3) is 0 Å². The Labute approximate surface area is 84.7 Å². The summed E-state index contributed by atoms with van der Waals surface area (Å²) in [6.07, 6.45) is 0.0621. The number of hydrogen-bond acceptors (Lipinski definition) is 1. The Morgan fingerprint density at radius 3 is 2.83 bits per heavy atom. The Morgan fingerprint density at radius 1 is 1.58 bits per heavy atom. The average Bonchev–Trinajstić information content (AvgIpc) is 2.08. The zero-order chi connectivity index (χ0) is 9.14. The van der Waals surface area contributed by atoms with Gasteiger partial charge in [0.05, 0.1) is 6.10 Å². The molecule has 1 unspecified atom stereocenters. The Kier molecular flexibility index (Phi) is 3.46. The van der Waals surface area contributed by atoms with Gasteiger partial charge in [-0.05, 0) is 52.8 Å². The fourth-order valence-corrected chi connectivity index (χ4v) is 1.68. The first-order valence-electron chi connectivity index (χ1n) is 3.78. The minimum atomic E-state index is -0.549. The molecule has 1 atom stereocenters. The van der Waals surface area contributed by atoms with E-state index in [0.29, 0.717) is 12.0 Å². The zero-order valence-corrected chi connectivity index (χ0v) is 8.88. The maximum absolute atomic E-state index is 12.7. The van der Waals surface area contributed by atoms with Crippen LogP contribution in [-0.2, 0) is 0 Å². The van der Waals surface area contributed by atoms with Crippen molar-refractivity contribution >= 4 is 22.6 Å². The van der Waals surface area contributed by atoms with Gasteiger partial charge in [-0.2, -0.15) is 0 Å². The van der Waals surface area contributed by atoms with Gasteiger partial charge in [-0.15, -0.1) is 0 Å². The number of halogens is 2. The largest absolute Gasteiger partial charge is 0.388 e. The first-order valence-corrected chi connectivity index (χ1v) is 4.86. The highest BCUT2D eigenvalue weighted by Crippen LogP contribution is 2.22. The molecule has 0 spiro atoms. The summed E-state index contributed by atoms with van der Waals surface area (Å²) in [5.74, 6) is -0.294. The third-order valence-electron chi connectivity index (χ3n) is 1.70. The zero-order valence-electron chi connectivity index (χ0n) is 6.72. The molecule has 1 aromatic rings. The molecule has 0 saturated heterocycles. The van der Waals surface area contributed by atoms with Gasteiger partial charge in [0.1, 0.15) is 5.82 Å². The van der Waals surface area contributed by atoms with Gasteiger partial charge in [0.15, 0.2) is 0 Å². The molecule has 1 aromatic carbocycles. The van der Waals surface area contributed by atoms with Crippen molar-refractivity contribution in [3.8, 4) is 0 Å². The van der Waals surface area contributed by atoms with E-state index in [0.717, 1.165) is 3.57 Å². The first-order chi connectivity index (χ1) is 5.65. The smallest absolute Gasteiger partial charge is 0.123 e. The summed E-state index contributed by atoms with van der Waals surface area (Å²) in [7, 11) is 0. The second-order valence-corrected chi connectivity index (χ2v) is 3.75. The maximum atomic E-state index is 12.7. The van der Waals surface area contributed by atoms with Crippen LogP contribution in [0.5, 0.6) is 0 Å². The summed E-state index contributed by atoms with van der Waals surface area (Å²) >= 11 is 2.09. The van der Waals surface area contributed by atoms with E-state index < -0.39 is 6.10 Å². The topological polar surface area (TPSA) is 20.2 Å².